The Kier molecular flexibility index (Phi) is 3.53. The molecule has 0 aliphatic heterocycles. The fourth-order valence-corrected chi connectivity index (χ4v) is 2.44. The quantitative estimate of drug-likeness (QED) is 0.668. The summed E-state index contributed by atoms with van der Waals surface area (Å²) < 4.78 is 0. The van der Waals surface area contributed by atoms with Crippen LogP contribution in [0.25, 0.3) is 10.9 Å². The van der Waals surface area contributed by atoms with Crippen LogP contribution >= 0.6 is 0 Å². The zero-order valence-electron chi connectivity index (χ0n) is 12.3. The van der Waals surface area contributed by atoms with E-state index in [1.807, 2.05) is 36.4 Å². The number of carbonyl (C=O) groups is 1. The highest BCUT2D eigenvalue weighted by molar-refractivity contribution is 6.00. The van der Waals surface area contributed by atoms with E-state index in [2.05, 4.69) is 31.0 Å². The molecule has 2 heteroatoms. The van der Waals surface area contributed by atoms with Crippen LogP contribution in [0.15, 0.2) is 54.7 Å². The molecule has 104 valence electrons. The summed E-state index contributed by atoms with van der Waals surface area (Å²) in [6.45, 7) is 4.15. The summed E-state index contributed by atoms with van der Waals surface area (Å²) in [6.07, 6.45) is 2.18. The zero-order chi connectivity index (χ0) is 14.8. The summed E-state index contributed by atoms with van der Waals surface area (Å²) in [5, 5.41) is 1.06. The molecule has 0 aliphatic rings. The number of Topliss-reactive ketones (excluding diaryl/α,β-unsaturated/α-hetero) is 1. The minimum Gasteiger partial charge on any atom is -0.294 e. The molecule has 0 unspecified atom stereocenters. The molecule has 3 rings (SSSR count). The first-order valence-corrected chi connectivity index (χ1v) is 7.07. The van der Waals surface area contributed by atoms with Gasteiger partial charge >= 0.3 is 0 Å². The lowest BCUT2D eigenvalue weighted by Crippen LogP contribution is -2.04. The van der Waals surface area contributed by atoms with E-state index in [-0.39, 0.29) is 5.78 Å². The first kappa shape index (κ1) is 13.5. The van der Waals surface area contributed by atoms with Crippen molar-refractivity contribution in [2.24, 2.45) is 0 Å². The highest BCUT2D eigenvalue weighted by Gasteiger charge is 2.09. The molecule has 0 spiro atoms. The lowest BCUT2D eigenvalue weighted by atomic mass is 9.99. The fourth-order valence-electron chi connectivity index (χ4n) is 2.44. The van der Waals surface area contributed by atoms with Crippen molar-refractivity contribution in [3.05, 3.63) is 77.0 Å². The topological polar surface area (TPSA) is 30.0 Å². The molecule has 0 saturated carbocycles. The van der Waals surface area contributed by atoms with Gasteiger partial charge in [0.05, 0.1) is 5.52 Å². The number of carbonyl (C=O) groups excluding carboxylic acids is 1. The molecule has 0 bridgehead atoms. The molecule has 21 heavy (non-hydrogen) atoms. The molecular weight excluding hydrogens is 258 g/mol. The third-order valence-electron chi connectivity index (χ3n) is 3.86. The van der Waals surface area contributed by atoms with Crippen LogP contribution in [0.5, 0.6) is 0 Å². The van der Waals surface area contributed by atoms with Crippen LogP contribution in [0, 0.1) is 13.8 Å². The van der Waals surface area contributed by atoms with E-state index < -0.39 is 0 Å². The second kappa shape index (κ2) is 5.49. The molecule has 1 heterocycles. The maximum absolute atomic E-state index is 12.4. The van der Waals surface area contributed by atoms with E-state index in [4.69, 9.17) is 0 Å². The Morgan fingerprint density at radius 1 is 1.00 bits per heavy atom. The van der Waals surface area contributed by atoms with Gasteiger partial charge in [-0.15, -0.1) is 0 Å². The molecule has 0 saturated heterocycles. The SMILES string of the molecule is Cc1ccc(CC(=O)c2ccc3cccnc3c2)cc1C. The zero-order valence-corrected chi connectivity index (χ0v) is 12.3. The molecule has 0 atom stereocenters. The van der Waals surface area contributed by atoms with E-state index in [1.54, 1.807) is 6.20 Å². The average molecular weight is 275 g/mol. The lowest BCUT2D eigenvalue weighted by molar-refractivity contribution is 0.0993. The van der Waals surface area contributed by atoms with Gasteiger partial charge in [-0.3, -0.25) is 9.78 Å². The lowest BCUT2D eigenvalue weighted by Gasteiger charge is -2.06. The number of aromatic nitrogens is 1. The summed E-state index contributed by atoms with van der Waals surface area (Å²) in [5.74, 6) is 0.130. The predicted octanol–water partition coefficient (Wildman–Crippen LogP) is 4.28. The number of fused-ring (bicyclic) bond motifs is 1. The third-order valence-corrected chi connectivity index (χ3v) is 3.86. The maximum Gasteiger partial charge on any atom is 0.167 e. The largest absolute Gasteiger partial charge is 0.294 e. The number of hydrogen-bond acceptors (Lipinski definition) is 2. The maximum atomic E-state index is 12.4. The second-order valence-electron chi connectivity index (χ2n) is 5.43. The van der Waals surface area contributed by atoms with E-state index in [0.29, 0.717) is 6.42 Å². The van der Waals surface area contributed by atoms with Crippen LogP contribution in [0.1, 0.15) is 27.0 Å². The Morgan fingerprint density at radius 3 is 2.67 bits per heavy atom. The van der Waals surface area contributed by atoms with Crippen LogP contribution < -0.4 is 0 Å². The first-order valence-electron chi connectivity index (χ1n) is 7.07. The monoisotopic (exact) mass is 275 g/mol. The van der Waals surface area contributed by atoms with Gasteiger partial charge in [0.25, 0.3) is 0 Å². The summed E-state index contributed by atoms with van der Waals surface area (Å²) >= 11 is 0. The number of rotatable bonds is 3. The van der Waals surface area contributed by atoms with Crippen molar-refractivity contribution in [2.75, 3.05) is 0 Å². The number of ketones is 1. The molecule has 0 fully saturated rings. The Balaban J connectivity index is 1.87. The predicted molar refractivity (Wildman–Crippen MR) is 85.7 cm³/mol. The van der Waals surface area contributed by atoms with Gasteiger partial charge in [0.1, 0.15) is 0 Å². The summed E-state index contributed by atoms with van der Waals surface area (Å²) in [4.78, 5) is 16.7. The molecule has 0 radical (unpaired) electrons. The summed E-state index contributed by atoms with van der Waals surface area (Å²) in [6, 6.07) is 15.8. The van der Waals surface area contributed by atoms with Crippen molar-refractivity contribution >= 4 is 16.7 Å². The number of aryl methyl sites for hydroxylation is 2. The summed E-state index contributed by atoms with van der Waals surface area (Å²) in [7, 11) is 0. The van der Waals surface area contributed by atoms with Gasteiger partial charge in [0.2, 0.25) is 0 Å². The van der Waals surface area contributed by atoms with Crippen LogP contribution in [-0.4, -0.2) is 10.8 Å². The van der Waals surface area contributed by atoms with Gasteiger partial charge in [-0.1, -0.05) is 36.4 Å². The molecule has 2 aromatic carbocycles. The Morgan fingerprint density at radius 2 is 1.86 bits per heavy atom. The van der Waals surface area contributed by atoms with Crippen molar-refractivity contribution in [3.8, 4) is 0 Å². The first-order chi connectivity index (χ1) is 10.1. The van der Waals surface area contributed by atoms with Crippen LogP contribution in [0.2, 0.25) is 0 Å². The van der Waals surface area contributed by atoms with E-state index in [0.717, 1.165) is 22.0 Å². The molecule has 1 aromatic heterocycles. The van der Waals surface area contributed by atoms with Crippen molar-refractivity contribution in [2.45, 2.75) is 20.3 Å². The van der Waals surface area contributed by atoms with Crippen LogP contribution in [0.3, 0.4) is 0 Å². The van der Waals surface area contributed by atoms with Gasteiger partial charge in [-0.05, 0) is 42.7 Å². The Hall–Kier alpha value is -2.48. The number of hydrogen-bond donors (Lipinski definition) is 0. The summed E-state index contributed by atoms with van der Waals surface area (Å²) in [5.41, 5.74) is 5.12. The van der Waals surface area contributed by atoms with Gasteiger partial charge < -0.3 is 0 Å². The highest BCUT2D eigenvalue weighted by Crippen LogP contribution is 2.16. The van der Waals surface area contributed by atoms with Crippen molar-refractivity contribution in [1.82, 2.24) is 4.98 Å². The molecule has 0 amide bonds. The van der Waals surface area contributed by atoms with Crippen LogP contribution in [0.4, 0.5) is 0 Å². The van der Waals surface area contributed by atoms with Crippen molar-refractivity contribution < 1.29 is 4.79 Å². The fraction of sp³-hybridized carbons (Fsp3) is 0.158. The average Bonchev–Trinajstić information content (AvgIpc) is 2.50. The molecule has 2 nitrogen and oxygen atoms in total. The van der Waals surface area contributed by atoms with E-state index >= 15 is 0 Å². The van der Waals surface area contributed by atoms with Gasteiger partial charge in [0, 0.05) is 23.6 Å². The van der Waals surface area contributed by atoms with Gasteiger partial charge in [-0.25, -0.2) is 0 Å². The molecule has 0 N–H and O–H groups in total. The molecule has 0 aliphatic carbocycles. The number of nitrogens with zero attached hydrogens (tertiary/aromatic N) is 1. The standard InChI is InChI=1S/C19H17NO/c1-13-5-6-15(10-14(13)2)11-19(21)17-8-7-16-4-3-9-20-18(16)12-17/h3-10,12H,11H2,1-2H3. The van der Waals surface area contributed by atoms with Crippen LogP contribution in [-0.2, 0) is 6.42 Å². The minimum atomic E-state index is 0.130. The second-order valence-corrected chi connectivity index (χ2v) is 5.43. The minimum absolute atomic E-state index is 0.130. The van der Waals surface area contributed by atoms with E-state index in [1.165, 1.54) is 11.1 Å². The third kappa shape index (κ3) is 2.84. The number of benzene rings is 2. The van der Waals surface area contributed by atoms with E-state index in [9.17, 15) is 4.79 Å². The van der Waals surface area contributed by atoms with Crippen molar-refractivity contribution in [3.63, 3.8) is 0 Å². The molecule has 3 aromatic rings. The van der Waals surface area contributed by atoms with Crippen molar-refractivity contribution in [1.29, 1.82) is 0 Å². The van der Waals surface area contributed by atoms with Gasteiger partial charge in [0.15, 0.2) is 5.78 Å². The number of pyridine rings is 1. The molecular formula is C19H17NO. The Labute approximate surface area is 124 Å². The normalized spacial score (nSPS) is 10.8. The highest BCUT2D eigenvalue weighted by atomic mass is 16.1. The Bertz CT molecular complexity index is 821. The van der Waals surface area contributed by atoms with Gasteiger partial charge in [-0.2, -0.15) is 0 Å². The smallest absolute Gasteiger partial charge is 0.167 e.